The van der Waals surface area contributed by atoms with Crippen LogP contribution in [-0.2, 0) is 11.2 Å². The third-order valence-electron chi connectivity index (χ3n) is 4.39. The number of benzene rings is 2. The first kappa shape index (κ1) is 19.0. The third-order valence-corrected chi connectivity index (χ3v) is 4.39. The smallest absolute Gasteiger partial charge is 0.261 e. The van der Waals surface area contributed by atoms with E-state index in [4.69, 9.17) is 4.74 Å². The van der Waals surface area contributed by atoms with Crippen molar-refractivity contribution in [3.05, 3.63) is 64.7 Å². The number of carbonyl (C=O) groups excluding carboxylic acids is 1. The van der Waals surface area contributed by atoms with E-state index >= 15 is 0 Å². The summed E-state index contributed by atoms with van der Waals surface area (Å²) in [7, 11) is 0. The second-order valence-electron chi connectivity index (χ2n) is 7.50. The van der Waals surface area contributed by atoms with E-state index in [1.807, 2.05) is 52.0 Å². The Morgan fingerprint density at radius 1 is 1.12 bits per heavy atom. The number of amides is 1. The predicted molar refractivity (Wildman–Crippen MR) is 103 cm³/mol. The van der Waals surface area contributed by atoms with E-state index in [0.29, 0.717) is 0 Å². The quantitative estimate of drug-likeness (QED) is 0.840. The lowest BCUT2D eigenvalue weighted by atomic mass is 9.94. The largest absolute Gasteiger partial charge is 0.481 e. The molecule has 0 spiro atoms. The fraction of sp³-hybridized carbons (Fsp3) is 0.409. The molecule has 1 amide bonds. The summed E-state index contributed by atoms with van der Waals surface area (Å²) in [5.74, 6) is 0.681. The zero-order chi connectivity index (χ0) is 18.6. The number of hydrogen-bond acceptors (Lipinski definition) is 2. The van der Waals surface area contributed by atoms with Crippen LogP contribution in [0.15, 0.2) is 42.5 Å². The van der Waals surface area contributed by atoms with Gasteiger partial charge in [0.15, 0.2) is 6.10 Å². The number of nitrogens with one attached hydrogen (secondary N) is 1. The zero-order valence-electron chi connectivity index (χ0n) is 16.1. The van der Waals surface area contributed by atoms with Crippen LogP contribution in [0.4, 0.5) is 0 Å². The van der Waals surface area contributed by atoms with Gasteiger partial charge in [0, 0.05) is 5.54 Å². The number of aryl methyl sites for hydroxylation is 2. The van der Waals surface area contributed by atoms with Gasteiger partial charge in [-0.2, -0.15) is 0 Å². The van der Waals surface area contributed by atoms with Crippen LogP contribution in [0.3, 0.4) is 0 Å². The minimum Gasteiger partial charge on any atom is -0.481 e. The van der Waals surface area contributed by atoms with Crippen LogP contribution in [0.5, 0.6) is 5.75 Å². The van der Waals surface area contributed by atoms with Crippen molar-refractivity contribution >= 4 is 5.91 Å². The van der Waals surface area contributed by atoms with Gasteiger partial charge in [0.2, 0.25) is 0 Å². The summed E-state index contributed by atoms with van der Waals surface area (Å²) in [5, 5.41) is 3.11. The van der Waals surface area contributed by atoms with Gasteiger partial charge in [-0.15, -0.1) is 0 Å². The Bertz CT molecular complexity index is 735. The van der Waals surface area contributed by atoms with Crippen LogP contribution >= 0.6 is 0 Å². The van der Waals surface area contributed by atoms with Gasteiger partial charge in [-0.1, -0.05) is 36.4 Å². The van der Waals surface area contributed by atoms with E-state index in [9.17, 15) is 4.79 Å². The molecule has 0 fully saturated rings. The highest BCUT2D eigenvalue weighted by atomic mass is 16.5. The molecule has 0 aliphatic rings. The average Bonchev–Trinajstić information content (AvgIpc) is 2.52. The fourth-order valence-electron chi connectivity index (χ4n) is 2.95. The fourth-order valence-corrected chi connectivity index (χ4v) is 2.95. The van der Waals surface area contributed by atoms with Crippen LogP contribution in [-0.4, -0.2) is 17.6 Å². The molecule has 2 aromatic rings. The SMILES string of the molecule is Cc1cc(C)c(C)c(OC(C)C(=O)NC(C)(C)Cc2ccccc2)c1. The minimum absolute atomic E-state index is 0.0977. The van der Waals surface area contributed by atoms with Crippen LogP contribution in [0.2, 0.25) is 0 Å². The summed E-state index contributed by atoms with van der Waals surface area (Å²) in [6.07, 6.45) is 0.226. The van der Waals surface area contributed by atoms with Gasteiger partial charge < -0.3 is 10.1 Å². The molecule has 0 radical (unpaired) electrons. The van der Waals surface area contributed by atoms with Crippen molar-refractivity contribution in [1.29, 1.82) is 0 Å². The van der Waals surface area contributed by atoms with Gasteiger partial charge >= 0.3 is 0 Å². The van der Waals surface area contributed by atoms with Gasteiger partial charge in [-0.05, 0) is 76.3 Å². The molecule has 1 atom stereocenters. The summed E-state index contributed by atoms with van der Waals surface area (Å²) < 4.78 is 5.95. The Morgan fingerprint density at radius 3 is 2.40 bits per heavy atom. The van der Waals surface area contributed by atoms with Crippen LogP contribution in [0.1, 0.15) is 43.0 Å². The van der Waals surface area contributed by atoms with E-state index in [0.717, 1.165) is 23.3 Å². The van der Waals surface area contributed by atoms with Crippen LogP contribution in [0, 0.1) is 20.8 Å². The van der Waals surface area contributed by atoms with Gasteiger partial charge in [0.25, 0.3) is 5.91 Å². The van der Waals surface area contributed by atoms with E-state index in [1.165, 1.54) is 11.1 Å². The van der Waals surface area contributed by atoms with Crippen molar-refractivity contribution in [1.82, 2.24) is 5.32 Å². The van der Waals surface area contributed by atoms with Gasteiger partial charge in [-0.3, -0.25) is 4.79 Å². The molecule has 0 aromatic heterocycles. The summed E-state index contributed by atoms with van der Waals surface area (Å²) in [6.45, 7) is 12.0. The van der Waals surface area contributed by atoms with Crippen LogP contribution in [0.25, 0.3) is 0 Å². The summed E-state index contributed by atoms with van der Waals surface area (Å²) in [6, 6.07) is 14.3. The molecular formula is C22H29NO2. The zero-order valence-corrected chi connectivity index (χ0v) is 16.1. The van der Waals surface area contributed by atoms with Crippen molar-refractivity contribution in [2.75, 3.05) is 0 Å². The maximum absolute atomic E-state index is 12.6. The minimum atomic E-state index is -0.546. The van der Waals surface area contributed by atoms with Gasteiger partial charge in [0.1, 0.15) is 5.75 Å². The molecule has 3 heteroatoms. The lowest BCUT2D eigenvalue weighted by Gasteiger charge is -2.28. The molecule has 0 aliphatic carbocycles. The van der Waals surface area contributed by atoms with Crippen molar-refractivity contribution in [2.45, 2.75) is 59.6 Å². The van der Waals surface area contributed by atoms with E-state index in [-0.39, 0.29) is 11.4 Å². The lowest BCUT2D eigenvalue weighted by molar-refractivity contribution is -0.128. The second kappa shape index (κ2) is 7.73. The van der Waals surface area contributed by atoms with Gasteiger partial charge in [-0.25, -0.2) is 0 Å². The molecule has 0 saturated carbocycles. The lowest BCUT2D eigenvalue weighted by Crippen LogP contribution is -2.49. The van der Waals surface area contributed by atoms with Crippen molar-refractivity contribution in [3.8, 4) is 5.75 Å². The maximum atomic E-state index is 12.6. The van der Waals surface area contributed by atoms with Crippen molar-refractivity contribution in [3.63, 3.8) is 0 Å². The van der Waals surface area contributed by atoms with E-state index in [1.54, 1.807) is 6.92 Å². The predicted octanol–water partition coefficient (Wildman–Crippen LogP) is 4.52. The normalized spacial score (nSPS) is 12.6. The summed E-state index contributed by atoms with van der Waals surface area (Å²) in [4.78, 5) is 12.6. The van der Waals surface area contributed by atoms with E-state index < -0.39 is 6.10 Å². The first-order chi connectivity index (χ1) is 11.7. The number of rotatable bonds is 6. The third kappa shape index (κ3) is 5.35. The monoisotopic (exact) mass is 339 g/mol. The molecule has 0 bridgehead atoms. The Morgan fingerprint density at radius 2 is 1.76 bits per heavy atom. The molecule has 1 unspecified atom stereocenters. The second-order valence-corrected chi connectivity index (χ2v) is 7.50. The number of hydrogen-bond donors (Lipinski definition) is 1. The highest BCUT2D eigenvalue weighted by molar-refractivity contribution is 5.81. The molecule has 1 N–H and O–H groups in total. The standard InChI is InChI=1S/C22H29NO2/c1-15-12-16(2)17(3)20(13-15)25-18(4)21(24)23-22(5,6)14-19-10-8-7-9-11-19/h7-13,18H,14H2,1-6H3,(H,23,24). The van der Waals surface area contributed by atoms with E-state index in [2.05, 4.69) is 30.4 Å². The Labute approximate surface area is 151 Å². The highest BCUT2D eigenvalue weighted by Gasteiger charge is 2.25. The van der Waals surface area contributed by atoms with Crippen molar-refractivity contribution < 1.29 is 9.53 Å². The summed E-state index contributed by atoms with van der Waals surface area (Å²) in [5.41, 5.74) is 4.25. The molecule has 0 saturated heterocycles. The molecular weight excluding hydrogens is 310 g/mol. The highest BCUT2D eigenvalue weighted by Crippen LogP contribution is 2.24. The number of carbonyl (C=O) groups is 1. The Hall–Kier alpha value is -2.29. The Kier molecular flexibility index (Phi) is 5.89. The summed E-state index contributed by atoms with van der Waals surface area (Å²) >= 11 is 0. The molecule has 134 valence electrons. The topological polar surface area (TPSA) is 38.3 Å². The molecule has 25 heavy (non-hydrogen) atoms. The van der Waals surface area contributed by atoms with Gasteiger partial charge in [0.05, 0.1) is 0 Å². The molecule has 3 nitrogen and oxygen atoms in total. The molecule has 0 aliphatic heterocycles. The Balaban J connectivity index is 2.02. The average molecular weight is 339 g/mol. The maximum Gasteiger partial charge on any atom is 0.261 e. The van der Waals surface area contributed by atoms with Crippen LogP contribution < -0.4 is 10.1 Å². The van der Waals surface area contributed by atoms with Crippen molar-refractivity contribution in [2.24, 2.45) is 0 Å². The first-order valence-electron chi connectivity index (χ1n) is 8.78. The molecule has 0 heterocycles. The molecule has 2 rings (SSSR count). The number of ether oxygens (including phenoxy) is 1. The molecule has 2 aromatic carbocycles. The first-order valence-corrected chi connectivity index (χ1v) is 8.78.